The minimum Gasteiger partial charge on any atom is -0.489 e. The number of anilines is 1. The number of hydrogen-bond donors (Lipinski definition) is 2. The number of nitrogens with zero attached hydrogens (tertiary/aromatic N) is 2. The summed E-state index contributed by atoms with van der Waals surface area (Å²) in [6, 6.07) is 14.8. The van der Waals surface area contributed by atoms with Crippen molar-refractivity contribution in [1.82, 2.24) is 9.97 Å². The molecule has 3 N–H and O–H groups in total. The lowest BCUT2D eigenvalue weighted by molar-refractivity contribution is -0.116. The molecule has 0 saturated heterocycles. The first-order chi connectivity index (χ1) is 14.4. The number of hydrogen-bond acceptors (Lipinski definition) is 5. The second kappa shape index (κ2) is 9.65. The van der Waals surface area contributed by atoms with Gasteiger partial charge in [-0.1, -0.05) is 12.1 Å². The Bertz CT molecular complexity index is 1030. The molecule has 1 aromatic carbocycles. The molecule has 0 fully saturated rings. The van der Waals surface area contributed by atoms with Crippen molar-refractivity contribution in [3.63, 3.8) is 0 Å². The molecule has 7 heteroatoms. The summed E-state index contributed by atoms with van der Waals surface area (Å²) in [4.78, 5) is 31.6. The van der Waals surface area contributed by atoms with Gasteiger partial charge in [-0.15, -0.1) is 0 Å². The molecule has 0 atom stereocenters. The molecule has 3 rings (SSSR count). The van der Waals surface area contributed by atoms with Crippen LogP contribution in [-0.2, 0) is 17.8 Å². The van der Waals surface area contributed by atoms with Crippen LogP contribution < -0.4 is 15.8 Å². The lowest BCUT2D eigenvalue weighted by atomic mass is 10.1. The summed E-state index contributed by atoms with van der Waals surface area (Å²) in [5, 5.41) is 2.84. The molecule has 0 bridgehead atoms. The Kier molecular flexibility index (Phi) is 6.75. The fourth-order valence-electron chi connectivity index (χ4n) is 2.99. The van der Waals surface area contributed by atoms with Crippen molar-refractivity contribution in [3.8, 4) is 5.75 Å². The Labute approximate surface area is 175 Å². The van der Waals surface area contributed by atoms with Gasteiger partial charge in [0.05, 0.1) is 0 Å². The number of carbonyl (C=O) groups excluding carboxylic acids is 2. The summed E-state index contributed by atoms with van der Waals surface area (Å²) in [6.45, 7) is 4.17. The van der Waals surface area contributed by atoms with Gasteiger partial charge in [0.1, 0.15) is 23.9 Å². The van der Waals surface area contributed by atoms with E-state index < -0.39 is 5.91 Å². The second-order valence-electron chi connectivity index (χ2n) is 7.07. The molecule has 0 aliphatic rings. The molecule has 2 heterocycles. The summed E-state index contributed by atoms with van der Waals surface area (Å²) in [7, 11) is 0. The molecule has 154 valence electrons. The topological polar surface area (TPSA) is 107 Å². The van der Waals surface area contributed by atoms with E-state index in [1.165, 1.54) is 6.20 Å². The van der Waals surface area contributed by atoms with E-state index >= 15 is 0 Å². The molecule has 0 aliphatic carbocycles. The number of ether oxygens (including phenoxy) is 1. The number of aryl methyl sites for hydroxylation is 3. The Morgan fingerprint density at radius 2 is 1.80 bits per heavy atom. The van der Waals surface area contributed by atoms with Crippen LogP contribution in [0.1, 0.15) is 39.3 Å². The molecule has 0 spiro atoms. The van der Waals surface area contributed by atoms with E-state index in [0.29, 0.717) is 31.0 Å². The second-order valence-corrected chi connectivity index (χ2v) is 7.07. The van der Waals surface area contributed by atoms with Crippen LogP contribution in [0, 0.1) is 13.8 Å². The van der Waals surface area contributed by atoms with Gasteiger partial charge in [0.25, 0.3) is 5.91 Å². The Balaban J connectivity index is 1.49. The Morgan fingerprint density at radius 1 is 1.03 bits per heavy atom. The number of nitrogens with two attached hydrogens (primary N) is 1. The predicted molar refractivity (Wildman–Crippen MR) is 114 cm³/mol. The van der Waals surface area contributed by atoms with Gasteiger partial charge in [0, 0.05) is 18.3 Å². The van der Waals surface area contributed by atoms with E-state index in [1.807, 2.05) is 50.2 Å². The minimum atomic E-state index is -0.571. The van der Waals surface area contributed by atoms with Crippen LogP contribution in [0.15, 0.2) is 54.7 Å². The van der Waals surface area contributed by atoms with Crippen molar-refractivity contribution >= 4 is 17.6 Å². The van der Waals surface area contributed by atoms with E-state index in [0.717, 1.165) is 22.4 Å². The Hall–Kier alpha value is -3.74. The number of pyridine rings is 2. The molecular formula is C23H24N4O3. The average molecular weight is 404 g/mol. The maximum Gasteiger partial charge on any atom is 0.267 e. The van der Waals surface area contributed by atoms with Gasteiger partial charge in [0.2, 0.25) is 5.91 Å². The standard InChI is InChI=1S/C23H24N4O3/c1-15-11-16(2)26-21(12-15)27-22(28)8-5-17-3-6-19(7-4-17)30-14-18-9-10-25-20(13-18)23(24)29/h3-4,6-7,9-13H,5,8,14H2,1-2H3,(H2,24,29)(H,26,27,28). The maximum atomic E-state index is 12.2. The van der Waals surface area contributed by atoms with Crippen molar-refractivity contribution in [2.45, 2.75) is 33.3 Å². The van der Waals surface area contributed by atoms with Crippen molar-refractivity contribution < 1.29 is 14.3 Å². The quantitative estimate of drug-likeness (QED) is 0.599. The highest BCUT2D eigenvalue weighted by atomic mass is 16.5. The summed E-state index contributed by atoms with van der Waals surface area (Å²) >= 11 is 0. The number of primary amides is 1. The lowest BCUT2D eigenvalue weighted by Gasteiger charge is -2.09. The third-order valence-electron chi connectivity index (χ3n) is 4.41. The molecule has 0 saturated carbocycles. The third-order valence-corrected chi connectivity index (χ3v) is 4.41. The van der Waals surface area contributed by atoms with Crippen LogP contribution in [0.25, 0.3) is 0 Å². The molecule has 2 aromatic heterocycles. The highest BCUT2D eigenvalue weighted by Crippen LogP contribution is 2.16. The van der Waals surface area contributed by atoms with Crippen molar-refractivity contribution in [2.75, 3.05) is 5.32 Å². The van der Waals surface area contributed by atoms with Gasteiger partial charge in [-0.2, -0.15) is 0 Å². The first kappa shape index (κ1) is 21.0. The molecular weight excluding hydrogens is 380 g/mol. The van der Waals surface area contributed by atoms with Gasteiger partial charge in [-0.3, -0.25) is 14.6 Å². The fraction of sp³-hybridized carbons (Fsp3) is 0.217. The predicted octanol–water partition coefficient (Wildman–Crippen LogP) is 3.34. The monoisotopic (exact) mass is 404 g/mol. The van der Waals surface area contributed by atoms with E-state index in [9.17, 15) is 9.59 Å². The normalized spacial score (nSPS) is 10.5. The molecule has 2 amide bonds. The first-order valence-electron chi connectivity index (χ1n) is 9.60. The number of amides is 2. The zero-order valence-electron chi connectivity index (χ0n) is 17.0. The van der Waals surface area contributed by atoms with Crippen molar-refractivity contribution in [1.29, 1.82) is 0 Å². The van der Waals surface area contributed by atoms with E-state index in [1.54, 1.807) is 12.1 Å². The zero-order chi connectivity index (χ0) is 21.5. The third kappa shape index (κ3) is 6.13. The number of nitrogens with one attached hydrogen (secondary N) is 1. The fourth-order valence-corrected chi connectivity index (χ4v) is 2.99. The number of carbonyl (C=O) groups is 2. The summed E-state index contributed by atoms with van der Waals surface area (Å²) in [6.07, 6.45) is 2.51. The summed E-state index contributed by atoms with van der Waals surface area (Å²) in [5.74, 6) is 0.631. The van der Waals surface area contributed by atoms with Crippen LogP contribution in [0.3, 0.4) is 0 Å². The highest BCUT2D eigenvalue weighted by Gasteiger charge is 2.07. The summed E-state index contributed by atoms with van der Waals surface area (Å²) in [5.41, 5.74) is 9.22. The molecule has 0 aliphatic heterocycles. The van der Waals surface area contributed by atoms with Crippen LogP contribution in [0.5, 0.6) is 5.75 Å². The molecule has 0 radical (unpaired) electrons. The molecule has 7 nitrogen and oxygen atoms in total. The number of aromatic nitrogens is 2. The molecule has 30 heavy (non-hydrogen) atoms. The average Bonchev–Trinajstić information content (AvgIpc) is 2.71. The van der Waals surface area contributed by atoms with Crippen LogP contribution >= 0.6 is 0 Å². The van der Waals surface area contributed by atoms with Crippen molar-refractivity contribution in [2.24, 2.45) is 5.73 Å². The number of rotatable bonds is 8. The van der Waals surface area contributed by atoms with Gasteiger partial charge < -0.3 is 15.8 Å². The Morgan fingerprint density at radius 3 is 2.50 bits per heavy atom. The van der Waals surface area contributed by atoms with Gasteiger partial charge in [-0.25, -0.2) is 4.98 Å². The zero-order valence-corrected chi connectivity index (χ0v) is 17.0. The van der Waals surface area contributed by atoms with Gasteiger partial charge in [-0.05, 0) is 73.4 Å². The van der Waals surface area contributed by atoms with E-state index in [2.05, 4.69) is 15.3 Å². The van der Waals surface area contributed by atoms with Crippen molar-refractivity contribution in [3.05, 3.63) is 82.8 Å². The smallest absolute Gasteiger partial charge is 0.267 e. The van der Waals surface area contributed by atoms with Gasteiger partial charge in [0.15, 0.2) is 0 Å². The largest absolute Gasteiger partial charge is 0.489 e. The summed E-state index contributed by atoms with van der Waals surface area (Å²) < 4.78 is 5.74. The molecule has 3 aromatic rings. The van der Waals surface area contributed by atoms with Crippen LogP contribution in [0.4, 0.5) is 5.82 Å². The van der Waals surface area contributed by atoms with E-state index in [-0.39, 0.29) is 11.6 Å². The number of benzene rings is 1. The first-order valence-corrected chi connectivity index (χ1v) is 9.60. The van der Waals surface area contributed by atoms with Gasteiger partial charge >= 0.3 is 0 Å². The highest BCUT2D eigenvalue weighted by molar-refractivity contribution is 5.91. The minimum absolute atomic E-state index is 0.0734. The SMILES string of the molecule is Cc1cc(C)nc(NC(=O)CCc2ccc(OCc3ccnc(C(N)=O)c3)cc2)c1. The van der Waals surface area contributed by atoms with Crippen LogP contribution in [-0.4, -0.2) is 21.8 Å². The van der Waals surface area contributed by atoms with Crippen LogP contribution in [0.2, 0.25) is 0 Å². The van der Waals surface area contributed by atoms with E-state index in [4.69, 9.17) is 10.5 Å². The molecule has 0 unspecified atom stereocenters. The lowest BCUT2D eigenvalue weighted by Crippen LogP contribution is -2.13. The maximum absolute atomic E-state index is 12.2.